The van der Waals surface area contributed by atoms with E-state index < -0.39 is 0 Å². The smallest absolute Gasteiger partial charge is 0.226 e. The summed E-state index contributed by atoms with van der Waals surface area (Å²) in [6.45, 7) is 4.56. The second-order valence-electron chi connectivity index (χ2n) is 5.87. The van der Waals surface area contributed by atoms with Crippen molar-refractivity contribution in [1.82, 2.24) is 4.90 Å². The molecule has 0 unspecified atom stereocenters. The monoisotopic (exact) mass is 287 g/mol. The van der Waals surface area contributed by atoms with Gasteiger partial charge in [0.1, 0.15) is 0 Å². The van der Waals surface area contributed by atoms with Crippen LogP contribution in [0.25, 0.3) is 0 Å². The molecule has 1 aromatic carbocycles. The number of amides is 1. The third kappa shape index (κ3) is 3.73. The molecule has 0 aliphatic heterocycles. The number of aliphatic hydroxyl groups excluding tert-OH is 1. The molecule has 1 aliphatic carbocycles. The molecule has 0 aromatic heterocycles. The molecular formula is C18H25NO2. The Kier molecular flexibility index (Phi) is 5.57. The Morgan fingerprint density at radius 3 is 2.57 bits per heavy atom. The predicted octanol–water partition coefficient (Wildman–Crippen LogP) is 3.17. The Hall–Kier alpha value is -1.61. The van der Waals surface area contributed by atoms with E-state index in [1.54, 1.807) is 0 Å². The van der Waals surface area contributed by atoms with E-state index in [9.17, 15) is 9.90 Å². The van der Waals surface area contributed by atoms with E-state index in [-0.39, 0.29) is 24.5 Å². The summed E-state index contributed by atoms with van der Waals surface area (Å²) < 4.78 is 0. The van der Waals surface area contributed by atoms with Gasteiger partial charge in [-0.3, -0.25) is 4.79 Å². The van der Waals surface area contributed by atoms with Gasteiger partial charge in [-0.1, -0.05) is 49.4 Å². The first-order valence-corrected chi connectivity index (χ1v) is 7.76. The highest BCUT2D eigenvalue weighted by Gasteiger charge is 2.31. The number of hydrogen-bond acceptors (Lipinski definition) is 2. The quantitative estimate of drug-likeness (QED) is 0.845. The van der Waals surface area contributed by atoms with Crippen molar-refractivity contribution in [3.63, 3.8) is 0 Å². The number of benzene rings is 1. The average molecular weight is 287 g/mol. The maximum Gasteiger partial charge on any atom is 0.226 e. The molecule has 0 saturated carbocycles. The lowest BCUT2D eigenvalue weighted by Crippen LogP contribution is -2.42. The first-order valence-electron chi connectivity index (χ1n) is 7.76. The molecule has 1 N–H and O–H groups in total. The van der Waals surface area contributed by atoms with Crippen LogP contribution in [-0.2, 0) is 4.79 Å². The third-order valence-electron chi connectivity index (χ3n) is 4.44. The number of allylic oxidation sites excluding steroid dienone is 2. The topological polar surface area (TPSA) is 40.5 Å². The lowest BCUT2D eigenvalue weighted by atomic mass is 9.83. The Morgan fingerprint density at radius 2 is 1.95 bits per heavy atom. The Balaban J connectivity index is 2.18. The predicted molar refractivity (Wildman–Crippen MR) is 84.7 cm³/mol. The van der Waals surface area contributed by atoms with Crippen molar-refractivity contribution in [2.75, 3.05) is 13.2 Å². The van der Waals surface area contributed by atoms with E-state index in [0.717, 1.165) is 18.4 Å². The highest BCUT2D eigenvalue weighted by molar-refractivity contribution is 5.80. The van der Waals surface area contributed by atoms with E-state index in [0.29, 0.717) is 12.5 Å². The van der Waals surface area contributed by atoms with Crippen molar-refractivity contribution in [3.8, 4) is 0 Å². The van der Waals surface area contributed by atoms with Gasteiger partial charge < -0.3 is 10.0 Å². The van der Waals surface area contributed by atoms with Crippen LogP contribution in [-0.4, -0.2) is 29.1 Å². The van der Waals surface area contributed by atoms with Gasteiger partial charge in [0.2, 0.25) is 5.91 Å². The van der Waals surface area contributed by atoms with Crippen LogP contribution in [0.1, 0.15) is 38.3 Å². The number of rotatable bonds is 5. The summed E-state index contributed by atoms with van der Waals surface area (Å²) in [6.07, 6.45) is 6.03. The van der Waals surface area contributed by atoms with Gasteiger partial charge in [0.05, 0.1) is 12.6 Å². The molecule has 1 amide bonds. The third-order valence-corrected chi connectivity index (χ3v) is 4.44. The van der Waals surface area contributed by atoms with E-state index in [4.69, 9.17) is 0 Å². The van der Waals surface area contributed by atoms with Gasteiger partial charge in [-0.15, -0.1) is 0 Å². The van der Waals surface area contributed by atoms with Crippen molar-refractivity contribution in [2.24, 2.45) is 11.8 Å². The first kappa shape index (κ1) is 15.8. The molecule has 0 fully saturated rings. The van der Waals surface area contributed by atoms with E-state index in [1.165, 1.54) is 0 Å². The lowest BCUT2D eigenvalue weighted by molar-refractivity contribution is -0.140. The van der Waals surface area contributed by atoms with Crippen LogP contribution in [0.15, 0.2) is 42.5 Å². The number of aliphatic hydroxyl groups is 1. The zero-order valence-corrected chi connectivity index (χ0v) is 12.9. The molecule has 3 atom stereocenters. The van der Waals surface area contributed by atoms with E-state index in [2.05, 4.69) is 19.1 Å². The van der Waals surface area contributed by atoms with Gasteiger partial charge in [0.15, 0.2) is 0 Å². The van der Waals surface area contributed by atoms with Crippen molar-refractivity contribution in [1.29, 1.82) is 0 Å². The molecule has 21 heavy (non-hydrogen) atoms. The molecule has 0 radical (unpaired) electrons. The van der Waals surface area contributed by atoms with E-state index >= 15 is 0 Å². The van der Waals surface area contributed by atoms with Crippen LogP contribution >= 0.6 is 0 Å². The van der Waals surface area contributed by atoms with Crippen LogP contribution in [0, 0.1) is 11.8 Å². The van der Waals surface area contributed by atoms with Crippen molar-refractivity contribution < 1.29 is 9.90 Å². The lowest BCUT2D eigenvalue weighted by Gasteiger charge is -2.35. The minimum atomic E-state index is -0.0102. The summed E-state index contributed by atoms with van der Waals surface area (Å²) in [5.74, 6) is 0.566. The molecule has 114 valence electrons. The van der Waals surface area contributed by atoms with Gasteiger partial charge in [0.25, 0.3) is 0 Å². The summed E-state index contributed by atoms with van der Waals surface area (Å²) in [4.78, 5) is 14.7. The number of carbonyl (C=O) groups excluding carboxylic acids is 1. The Morgan fingerprint density at radius 1 is 1.29 bits per heavy atom. The molecule has 3 heteroatoms. The molecule has 0 heterocycles. The number of carbonyl (C=O) groups is 1. The highest BCUT2D eigenvalue weighted by Crippen LogP contribution is 2.30. The second kappa shape index (κ2) is 7.41. The van der Waals surface area contributed by atoms with Crippen molar-refractivity contribution >= 4 is 5.91 Å². The first-order chi connectivity index (χ1) is 10.1. The molecule has 0 bridgehead atoms. The van der Waals surface area contributed by atoms with Crippen LogP contribution < -0.4 is 0 Å². The van der Waals surface area contributed by atoms with Crippen LogP contribution in [0.3, 0.4) is 0 Å². The van der Waals surface area contributed by atoms with Crippen LogP contribution in [0.2, 0.25) is 0 Å². The zero-order valence-electron chi connectivity index (χ0n) is 12.9. The van der Waals surface area contributed by atoms with Crippen LogP contribution in [0.4, 0.5) is 0 Å². The summed E-state index contributed by atoms with van der Waals surface area (Å²) in [7, 11) is 0. The molecule has 3 nitrogen and oxygen atoms in total. The van der Waals surface area contributed by atoms with Gasteiger partial charge in [-0.25, -0.2) is 0 Å². The minimum Gasteiger partial charge on any atom is -0.395 e. The molecule has 1 aromatic rings. The van der Waals surface area contributed by atoms with Gasteiger partial charge in [-0.2, -0.15) is 0 Å². The SMILES string of the molecule is C[C@@H]1CC=CC[C@H]1C(=O)N(CCO)[C@H](C)c1ccccc1. The number of nitrogens with zero attached hydrogens (tertiary/aromatic N) is 1. The van der Waals surface area contributed by atoms with Crippen molar-refractivity contribution in [2.45, 2.75) is 32.7 Å². The second-order valence-corrected chi connectivity index (χ2v) is 5.87. The van der Waals surface area contributed by atoms with Gasteiger partial charge in [-0.05, 0) is 31.2 Å². The fourth-order valence-electron chi connectivity index (χ4n) is 3.02. The maximum absolute atomic E-state index is 12.9. The fourth-order valence-corrected chi connectivity index (χ4v) is 3.02. The van der Waals surface area contributed by atoms with Gasteiger partial charge in [0, 0.05) is 12.5 Å². The summed E-state index contributed by atoms with van der Waals surface area (Å²) in [5.41, 5.74) is 1.11. The van der Waals surface area contributed by atoms with Crippen LogP contribution in [0.5, 0.6) is 0 Å². The maximum atomic E-state index is 12.9. The minimum absolute atomic E-state index is 0.000145. The largest absolute Gasteiger partial charge is 0.395 e. The van der Waals surface area contributed by atoms with E-state index in [1.807, 2.05) is 42.2 Å². The van der Waals surface area contributed by atoms with Crippen molar-refractivity contribution in [3.05, 3.63) is 48.0 Å². The fraction of sp³-hybridized carbons (Fsp3) is 0.500. The molecule has 1 aliphatic rings. The summed E-state index contributed by atoms with van der Waals surface area (Å²) in [5, 5.41) is 9.34. The Labute approximate surface area is 127 Å². The normalized spacial score (nSPS) is 22.8. The summed E-state index contributed by atoms with van der Waals surface area (Å²) in [6, 6.07) is 10.0. The average Bonchev–Trinajstić information content (AvgIpc) is 2.52. The van der Waals surface area contributed by atoms with Gasteiger partial charge >= 0.3 is 0 Å². The standard InChI is InChI=1S/C18H25NO2/c1-14-8-6-7-11-17(14)18(21)19(12-13-20)15(2)16-9-4-3-5-10-16/h3-7,9-10,14-15,17,20H,8,11-13H2,1-2H3/t14-,15-,17-/m1/s1. The molecule has 2 rings (SSSR count). The molecule has 0 saturated heterocycles. The zero-order chi connectivity index (χ0) is 15.2. The Bertz CT molecular complexity index is 483. The summed E-state index contributed by atoms with van der Waals surface area (Å²) >= 11 is 0. The highest BCUT2D eigenvalue weighted by atomic mass is 16.3. The molecule has 0 spiro atoms. The molecular weight excluding hydrogens is 262 g/mol. The number of hydrogen-bond donors (Lipinski definition) is 1.